The average Bonchev–Trinajstić information content (AvgIpc) is 3.73. The van der Waals surface area contributed by atoms with Crippen LogP contribution >= 0.6 is 11.3 Å². The Bertz CT molecular complexity index is 2000. The van der Waals surface area contributed by atoms with Gasteiger partial charge in [0.1, 0.15) is 12.1 Å². The molecular weight excluding hydrogens is 684 g/mol. The van der Waals surface area contributed by atoms with Gasteiger partial charge >= 0.3 is 5.97 Å². The van der Waals surface area contributed by atoms with Gasteiger partial charge in [0.2, 0.25) is 0 Å². The number of hydrogen-bond donors (Lipinski definition) is 2. The molecule has 6 bridgehead atoms. The van der Waals surface area contributed by atoms with Gasteiger partial charge in [-0.05, 0) is 82.2 Å². The molecule has 2 aliphatic heterocycles. The van der Waals surface area contributed by atoms with Crippen LogP contribution in [0.3, 0.4) is 0 Å². The number of amides is 2. The van der Waals surface area contributed by atoms with Crippen LogP contribution in [0.25, 0.3) is 33.4 Å². The molecule has 276 valence electrons. The highest BCUT2D eigenvalue weighted by Gasteiger charge is 2.46. The van der Waals surface area contributed by atoms with Crippen LogP contribution in [0.1, 0.15) is 82.2 Å². The Balaban J connectivity index is 1.36. The van der Waals surface area contributed by atoms with Gasteiger partial charge in [-0.3, -0.25) is 24.4 Å². The Labute approximate surface area is 307 Å². The number of thiazole rings is 1. The monoisotopic (exact) mass is 730 g/mol. The number of nitrogens with one attached hydrogen (secondary N) is 2. The maximum Gasteiger partial charge on any atom is 0.324 e. The third-order valence-corrected chi connectivity index (χ3v) is 11.6. The number of carbonyl (C=O) groups excluding carboxylic acids is 3. The number of cyclic esters (lactones) is 1. The minimum absolute atomic E-state index is 0.0815. The molecule has 3 aromatic heterocycles. The number of fused-ring (bicyclic) bond motifs is 6. The zero-order valence-electron chi connectivity index (χ0n) is 30.5. The molecule has 5 heterocycles. The van der Waals surface area contributed by atoms with Crippen LogP contribution in [-0.2, 0) is 43.2 Å². The Morgan fingerprint density at radius 1 is 1.23 bits per heavy atom. The van der Waals surface area contributed by atoms with E-state index in [1.807, 2.05) is 18.4 Å². The van der Waals surface area contributed by atoms with Crippen LogP contribution in [0.15, 0.2) is 41.9 Å². The zero-order chi connectivity index (χ0) is 36.8. The highest BCUT2D eigenvalue weighted by atomic mass is 32.1. The van der Waals surface area contributed by atoms with Crippen molar-refractivity contribution in [1.29, 1.82) is 0 Å². The molecule has 2 N–H and O–H groups in total. The first-order valence-corrected chi connectivity index (χ1v) is 19.1. The minimum atomic E-state index is -1.98. The number of carbonyl (C=O) groups is 3. The molecule has 2 amide bonds. The van der Waals surface area contributed by atoms with E-state index in [4.69, 9.17) is 19.4 Å². The molecule has 3 aliphatic rings. The maximum absolute atomic E-state index is 15.2. The standard InChI is InChI=1S/C39H47FN6O5S/c1-6-45-31-13-12-24-18-26(31)27(34(45)25-10-7-16-41-33(25)23(2)50-5)20-38(3,4)22-51-36(48)28-11-8-17-46(44-28)35(47)29(19-32-42-30(24)21-52-32)43-37(49)39(40)14-9-15-39/h7,10,12-13,16,18,21,23,28-29,44H,6,8-9,11,14-15,17,19-20,22H2,1-5H3,(H,43,49)/t23-,28-,29-/m0/s1. The molecule has 13 heteroatoms. The molecule has 11 nitrogen and oxygen atoms in total. The number of nitrogens with zero attached hydrogens (tertiary/aromatic N) is 4. The lowest BCUT2D eigenvalue weighted by atomic mass is 9.81. The summed E-state index contributed by atoms with van der Waals surface area (Å²) in [7, 11) is 1.68. The molecule has 52 heavy (non-hydrogen) atoms. The van der Waals surface area contributed by atoms with E-state index in [-0.39, 0.29) is 32.0 Å². The minimum Gasteiger partial charge on any atom is -0.464 e. The fourth-order valence-corrected chi connectivity index (χ4v) is 8.42. The molecule has 7 rings (SSSR count). The van der Waals surface area contributed by atoms with E-state index >= 15 is 4.39 Å². The summed E-state index contributed by atoms with van der Waals surface area (Å²) in [6.45, 7) is 9.50. The molecule has 3 atom stereocenters. The van der Waals surface area contributed by atoms with Gasteiger partial charge in [0.15, 0.2) is 5.67 Å². The quantitative estimate of drug-likeness (QED) is 0.228. The predicted molar refractivity (Wildman–Crippen MR) is 197 cm³/mol. The van der Waals surface area contributed by atoms with Crippen molar-refractivity contribution < 1.29 is 28.2 Å². The molecule has 0 unspecified atom stereocenters. The Kier molecular flexibility index (Phi) is 9.96. The van der Waals surface area contributed by atoms with Gasteiger partial charge in [0.05, 0.1) is 34.8 Å². The van der Waals surface area contributed by atoms with Gasteiger partial charge < -0.3 is 19.4 Å². The average molecular weight is 731 g/mol. The normalized spacial score (nSPS) is 22.3. The molecule has 2 fully saturated rings. The van der Waals surface area contributed by atoms with Gasteiger partial charge in [0, 0.05) is 65.6 Å². The van der Waals surface area contributed by atoms with Crippen molar-refractivity contribution in [3.05, 3.63) is 58.2 Å². The van der Waals surface area contributed by atoms with E-state index in [1.165, 1.54) is 16.3 Å². The Morgan fingerprint density at radius 3 is 2.77 bits per heavy atom. The molecule has 1 saturated heterocycles. The number of esters is 1. The molecule has 1 saturated carbocycles. The molecular formula is C39H47FN6O5S. The van der Waals surface area contributed by atoms with Gasteiger partial charge in [-0.2, -0.15) is 0 Å². The summed E-state index contributed by atoms with van der Waals surface area (Å²) in [5.74, 6) is -1.67. The fourth-order valence-electron chi connectivity index (χ4n) is 7.57. The van der Waals surface area contributed by atoms with Crippen LogP contribution in [0, 0.1) is 5.41 Å². The lowest BCUT2D eigenvalue weighted by Crippen LogP contribution is -2.62. The van der Waals surface area contributed by atoms with E-state index in [0.29, 0.717) is 43.8 Å². The highest BCUT2D eigenvalue weighted by Crippen LogP contribution is 2.42. The van der Waals surface area contributed by atoms with Crippen molar-refractivity contribution in [2.24, 2.45) is 5.41 Å². The summed E-state index contributed by atoms with van der Waals surface area (Å²) in [4.78, 5) is 50.4. The number of halogens is 1. The van der Waals surface area contributed by atoms with E-state index in [9.17, 15) is 14.4 Å². The second-order valence-electron chi connectivity index (χ2n) is 15.1. The van der Waals surface area contributed by atoms with Crippen LogP contribution in [0.4, 0.5) is 4.39 Å². The van der Waals surface area contributed by atoms with Crippen molar-refractivity contribution >= 4 is 40.0 Å². The summed E-state index contributed by atoms with van der Waals surface area (Å²) in [5.41, 5.74) is 7.30. The Hall–Kier alpha value is -4.20. The van der Waals surface area contributed by atoms with Crippen LogP contribution in [0.5, 0.6) is 0 Å². The number of hydrazine groups is 1. The maximum atomic E-state index is 15.2. The third kappa shape index (κ3) is 6.85. The van der Waals surface area contributed by atoms with Gasteiger partial charge in [0.25, 0.3) is 11.8 Å². The number of rotatable bonds is 6. The predicted octanol–water partition coefficient (Wildman–Crippen LogP) is 6.09. The molecule has 0 spiro atoms. The lowest BCUT2D eigenvalue weighted by molar-refractivity contribution is -0.156. The first kappa shape index (κ1) is 36.2. The van der Waals surface area contributed by atoms with E-state index < -0.39 is 41.0 Å². The molecule has 1 aliphatic carbocycles. The topological polar surface area (TPSA) is 128 Å². The van der Waals surface area contributed by atoms with Crippen molar-refractivity contribution in [1.82, 2.24) is 30.3 Å². The first-order chi connectivity index (χ1) is 24.9. The van der Waals surface area contributed by atoms with E-state index in [2.05, 4.69) is 60.3 Å². The fraction of sp³-hybridized carbons (Fsp3) is 0.513. The van der Waals surface area contributed by atoms with Crippen LogP contribution in [-0.4, -0.2) is 75.3 Å². The summed E-state index contributed by atoms with van der Waals surface area (Å²) in [5, 5.41) is 7.73. The molecule has 1 aromatic carbocycles. The molecule has 0 radical (unpaired) electrons. The zero-order valence-corrected chi connectivity index (χ0v) is 31.3. The largest absolute Gasteiger partial charge is 0.464 e. The number of alkyl halides is 1. The summed E-state index contributed by atoms with van der Waals surface area (Å²) < 4.78 is 29.3. The molecule has 4 aromatic rings. The number of ether oxygens (including phenoxy) is 2. The second-order valence-corrected chi connectivity index (χ2v) is 16.0. The smallest absolute Gasteiger partial charge is 0.324 e. The van der Waals surface area contributed by atoms with Crippen molar-refractivity contribution in [3.8, 4) is 22.5 Å². The second kappa shape index (κ2) is 14.3. The lowest BCUT2D eigenvalue weighted by Gasteiger charge is -2.37. The number of pyridine rings is 1. The van der Waals surface area contributed by atoms with Crippen molar-refractivity contribution in [2.45, 2.75) is 103 Å². The third-order valence-electron chi connectivity index (χ3n) is 10.7. The summed E-state index contributed by atoms with van der Waals surface area (Å²) in [6.07, 6.45) is 4.16. The summed E-state index contributed by atoms with van der Waals surface area (Å²) in [6, 6.07) is 8.55. The summed E-state index contributed by atoms with van der Waals surface area (Å²) >= 11 is 1.39. The number of methoxy groups -OCH3 is 1. The first-order valence-electron chi connectivity index (χ1n) is 18.2. The number of aromatic nitrogens is 3. The SMILES string of the molecule is CCn1c(-c2cccnc2[C@H](C)OC)c2c3cc(ccc31)-c1csc(n1)C[C@H](NC(=O)C1(F)CCC1)C(=O)N1CCC[C@H](N1)C(=O)OCC(C)(C)C2. The van der Waals surface area contributed by atoms with Crippen molar-refractivity contribution in [2.75, 3.05) is 20.3 Å². The highest BCUT2D eigenvalue weighted by molar-refractivity contribution is 7.10. The number of aryl methyl sites for hydroxylation is 1. The van der Waals surface area contributed by atoms with Gasteiger partial charge in [-0.25, -0.2) is 14.8 Å². The van der Waals surface area contributed by atoms with Crippen LogP contribution in [0.2, 0.25) is 0 Å². The number of hydrogen-bond acceptors (Lipinski definition) is 9. The van der Waals surface area contributed by atoms with Gasteiger partial charge in [-0.15, -0.1) is 11.3 Å². The van der Waals surface area contributed by atoms with Crippen LogP contribution < -0.4 is 10.7 Å². The number of benzene rings is 1. The Morgan fingerprint density at radius 2 is 2.04 bits per heavy atom. The van der Waals surface area contributed by atoms with Gasteiger partial charge in [-0.1, -0.05) is 19.9 Å². The van der Waals surface area contributed by atoms with E-state index in [0.717, 1.165) is 44.7 Å². The van der Waals surface area contributed by atoms with Crippen molar-refractivity contribution in [3.63, 3.8) is 0 Å². The van der Waals surface area contributed by atoms with E-state index in [1.54, 1.807) is 13.3 Å².